The van der Waals surface area contributed by atoms with Crippen molar-refractivity contribution in [3.05, 3.63) is 107 Å². The van der Waals surface area contributed by atoms with Gasteiger partial charge in [0.15, 0.2) is 0 Å². The lowest BCUT2D eigenvalue weighted by atomic mass is 10.1. The number of fused-ring (bicyclic) bond motifs is 1. The van der Waals surface area contributed by atoms with Gasteiger partial charge in [0, 0.05) is 17.8 Å². The zero-order chi connectivity index (χ0) is 18.6. The van der Waals surface area contributed by atoms with Gasteiger partial charge >= 0.3 is 0 Å². The monoisotopic (exact) mass is 355 g/mol. The van der Waals surface area contributed by atoms with Gasteiger partial charge in [0.05, 0.1) is 17.7 Å². The Morgan fingerprint density at radius 1 is 0.926 bits per heavy atom. The number of pyridine rings is 2. The highest BCUT2D eigenvalue weighted by molar-refractivity contribution is 6.08. The molecule has 0 spiro atoms. The third-order valence-electron chi connectivity index (χ3n) is 4.34. The Kier molecular flexibility index (Phi) is 4.49. The van der Waals surface area contributed by atoms with E-state index in [0.717, 1.165) is 10.9 Å². The molecule has 0 saturated heterocycles. The first-order valence-corrected chi connectivity index (χ1v) is 8.61. The Hall–Kier alpha value is -3.73. The van der Waals surface area contributed by atoms with Crippen LogP contribution in [-0.4, -0.2) is 15.5 Å². The summed E-state index contributed by atoms with van der Waals surface area (Å²) >= 11 is 0. The van der Waals surface area contributed by atoms with Crippen molar-refractivity contribution in [3.8, 4) is 0 Å². The van der Waals surface area contributed by atoms with Crippen molar-refractivity contribution in [2.24, 2.45) is 0 Å². The molecule has 0 aliphatic carbocycles. The van der Waals surface area contributed by atoms with Gasteiger partial charge in [0.1, 0.15) is 5.56 Å². The first-order valence-electron chi connectivity index (χ1n) is 8.61. The van der Waals surface area contributed by atoms with Gasteiger partial charge in [-0.3, -0.25) is 14.6 Å². The van der Waals surface area contributed by atoms with Crippen LogP contribution >= 0.6 is 0 Å². The Morgan fingerprint density at radius 3 is 2.59 bits per heavy atom. The molecule has 2 aromatic carbocycles. The molecule has 0 radical (unpaired) electrons. The smallest absolute Gasteiger partial charge is 0.263 e. The van der Waals surface area contributed by atoms with E-state index < -0.39 is 5.91 Å². The fourth-order valence-corrected chi connectivity index (χ4v) is 3.01. The fourth-order valence-electron chi connectivity index (χ4n) is 3.01. The SMILES string of the molecule is O=C(Nc1cccc2cccnc12)c1cccn(Cc2ccccc2)c1=O. The standard InChI is InChI=1S/C22H17N3O2/c26-21(24-19-12-4-9-17-10-5-13-23-20(17)19)18-11-6-14-25(22(18)27)15-16-7-2-1-3-8-16/h1-14H,15H2,(H,24,26). The molecule has 0 atom stereocenters. The number of hydrogen-bond donors (Lipinski definition) is 1. The van der Waals surface area contributed by atoms with Crippen molar-refractivity contribution in [3.63, 3.8) is 0 Å². The van der Waals surface area contributed by atoms with Gasteiger partial charge in [0.25, 0.3) is 11.5 Å². The number of carbonyl (C=O) groups is 1. The second kappa shape index (κ2) is 7.25. The number of hydrogen-bond acceptors (Lipinski definition) is 3. The number of carbonyl (C=O) groups excluding carboxylic acids is 1. The van der Waals surface area contributed by atoms with Crippen LogP contribution in [0.15, 0.2) is 90.0 Å². The topological polar surface area (TPSA) is 64.0 Å². The molecular formula is C22H17N3O2. The summed E-state index contributed by atoms with van der Waals surface area (Å²) in [4.78, 5) is 29.8. The molecule has 0 aliphatic rings. The van der Waals surface area contributed by atoms with Gasteiger partial charge in [-0.05, 0) is 29.8 Å². The quantitative estimate of drug-likeness (QED) is 0.607. The third kappa shape index (κ3) is 3.48. The molecule has 0 saturated carbocycles. The largest absolute Gasteiger partial charge is 0.320 e. The Morgan fingerprint density at radius 2 is 1.74 bits per heavy atom. The summed E-state index contributed by atoms with van der Waals surface area (Å²) in [5, 5.41) is 3.74. The Labute approximate surface area is 155 Å². The minimum Gasteiger partial charge on any atom is -0.320 e. The average molecular weight is 355 g/mol. The lowest BCUT2D eigenvalue weighted by Gasteiger charge is -2.10. The van der Waals surface area contributed by atoms with E-state index in [2.05, 4.69) is 10.3 Å². The van der Waals surface area contributed by atoms with Crippen LogP contribution < -0.4 is 10.9 Å². The number of benzene rings is 2. The van der Waals surface area contributed by atoms with Crippen LogP contribution in [-0.2, 0) is 6.54 Å². The van der Waals surface area contributed by atoms with Gasteiger partial charge < -0.3 is 9.88 Å². The van der Waals surface area contributed by atoms with Crippen molar-refractivity contribution in [1.82, 2.24) is 9.55 Å². The second-order valence-electron chi connectivity index (χ2n) is 6.18. The molecule has 0 aliphatic heterocycles. The zero-order valence-electron chi connectivity index (χ0n) is 14.5. The van der Waals surface area contributed by atoms with E-state index in [4.69, 9.17) is 0 Å². The molecule has 2 heterocycles. The number of para-hydroxylation sites is 1. The van der Waals surface area contributed by atoms with E-state index in [1.165, 1.54) is 10.6 Å². The van der Waals surface area contributed by atoms with Crippen molar-refractivity contribution in [1.29, 1.82) is 0 Å². The van der Waals surface area contributed by atoms with Crippen LogP contribution in [0.4, 0.5) is 5.69 Å². The van der Waals surface area contributed by atoms with Crippen LogP contribution in [0.3, 0.4) is 0 Å². The summed E-state index contributed by atoms with van der Waals surface area (Å²) in [5.74, 6) is -0.444. The highest BCUT2D eigenvalue weighted by Crippen LogP contribution is 2.21. The van der Waals surface area contributed by atoms with Gasteiger partial charge in [-0.15, -0.1) is 0 Å². The molecule has 5 heteroatoms. The van der Waals surface area contributed by atoms with Crippen molar-refractivity contribution in [2.45, 2.75) is 6.54 Å². The molecule has 0 fully saturated rings. The number of amides is 1. The molecule has 27 heavy (non-hydrogen) atoms. The summed E-state index contributed by atoms with van der Waals surface area (Å²) < 4.78 is 1.53. The zero-order valence-corrected chi connectivity index (χ0v) is 14.5. The highest BCUT2D eigenvalue weighted by Gasteiger charge is 2.14. The molecule has 0 bridgehead atoms. The summed E-state index contributed by atoms with van der Waals surface area (Å²) in [7, 11) is 0. The maximum absolute atomic E-state index is 12.8. The molecular weight excluding hydrogens is 338 g/mol. The molecule has 4 rings (SSSR count). The number of nitrogens with zero attached hydrogens (tertiary/aromatic N) is 2. The molecule has 1 N–H and O–H groups in total. The second-order valence-corrected chi connectivity index (χ2v) is 6.18. The highest BCUT2D eigenvalue weighted by atomic mass is 16.2. The van der Waals surface area contributed by atoms with Crippen LogP contribution in [0, 0.1) is 0 Å². The van der Waals surface area contributed by atoms with E-state index in [1.54, 1.807) is 24.5 Å². The van der Waals surface area contributed by atoms with Gasteiger partial charge in [-0.2, -0.15) is 0 Å². The minimum atomic E-state index is -0.444. The maximum atomic E-state index is 12.8. The molecule has 2 aromatic heterocycles. The Balaban J connectivity index is 1.64. The lowest BCUT2D eigenvalue weighted by Crippen LogP contribution is -2.29. The Bertz CT molecular complexity index is 1160. The average Bonchev–Trinajstić information content (AvgIpc) is 2.70. The van der Waals surface area contributed by atoms with E-state index >= 15 is 0 Å². The van der Waals surface area contributed by atoms with E-state index in [1.807, 2.05) is 54.6 Å². The number of aromatic nitrogens is 2. The van der Waals surface area contributed by atoms with Gasteiger partial charge in [0.2, 0.25) is 0 Å². The maximum Gasteiger partial charge on any atom is 0.263 e. The summed E-state index contributed by atoms with van der Waals surface area (Å²) in [6, 6.07) is 22.2. The predicted octanol–water partition coefficient (Wildman–Crippen LogP) is 3.70. The lowest BCUT2D eigenvalue weighted by molar-refractivity contribution is 0.102. The molecule has 4 aromatic rings. The van der Waals surface area contributed by atoms with Crippen LogP contribution in [0.25, 0.3) is 10.9 Å². The number of rotatable bonds is 4. The van der Waals surface area contributed by atoms with Crippen molar-refractivity contribution < 1.29 is 4.79 Å². The summed E-state index contributed by atoms with van der Waals surface area (Å²) in [6.45, 7) is 0.413. The van der Waals surface area contributed by atoms with Crippen LogP contribution in [0.1, 0.15) is 15.9 Å². The van der Waals surface area contributed by atoms with Gasteiger partial charge in [-0.25, -0.2) is 0 Å². The molecule has 0 unspecified atom stereocenters. The fraction of sp³-hybridized carbons (Fsp3) is 0.0455. The number of nitrogens with one attached hydrogen (secondary N) is 1. The summed E-state index contributed by atoms with van der Waals surface area (Å²) in [6.07, 6.45) is 3.36. The van der Waals surface area contributed by atoms with Crippen LogP contribution in [0.2, 0.25) is 0 Å². The molecule has 5 nitrogen and oxygen atoms in total. The van der Waals surface area contributed by atoms with Crippen molar-refractivity contribution >= 4 is 22.5 Å². The van der Waals surface area contributed by atoms with Crippen LogP contribution in [0.5, 0.6) is 0 Å². The first-order chi connectivity index (χ1) is 13.2. The van der Waals surface area contributed by atoms with E-state index in [-0.39, 0.29) is 11.1 Å². The number of anilines is 1. The van der Waals surface area contributed by atoms with Gasteiger partial charge in [-0.1, -0.05) is 48.5 Å². The minimum absolute atomic E-state index is 0.0985. The third-order valence-corrected chi connectivity index (χ3v) is 4.34. The van der Waals surface area contributed by atoms with E-state index in [0.29, 0.717) is 17.7 Å². The summed E-state index contributed by atoms with van der Waals surface area (Å²) in [5.41, 5.74) is 2.04. The molecule has 132 valence electrons. The normalized spacial score (nSPS) is 10.7. The molecule has 1 amide bonds. The first kappa shape index (κ1) is 16.7. The predicted molar refractivity (Wildman–Crippen MR) is 106 cm³/mol. The van der Waals surface area contributed by atoms with Crippen molar-refractivity contribution in [2.75, 3.05) is 5.32 Å². The van der Waals surface area contributed by atoms with E-state index in [9.17, 15) is 9.59 Å².